The summed E-state index contributed by atoms with van der Waals surface area (Å²) in [5.41, 5.74) is -0.527. The van der Waals surface area contributed by atoms with E-state index in [0.717, 1.165) is 19.5 Å². The second kappa shape index (κ2) is 3.59. The quantitative estimate of drug-likeness (QED) is 0.725. The minimum Gasteiger partial charge on any atom is -0.308 e. The molecule has 0 saturated carbocycles. The van der Waals surface area contributed by atoms with Gasteiger partial charge in [0.2, 0.25) is 0 Å². The molecule has 1 saturated heterocycles. The first-order valence-corrected chi connectivity index (χ1v) is 4.78. The van der Waals surface area contributed by atoms with Crippen LogP contribution in [0, 0.1) is 0 Å². The molecule has 1 aromatic heterocycles. The van der Waals surface area contributed by atoms with E-state index in [1.54, 1.807) is 0 Å². The molecule has 0 unspecified atom stereocenters. The molecule has 76 valence electrons. The van der Waals surface area contributed by atoms with Gasteiger partial charge in [0.1, 0.15) is 5.02 Å². The summed E-state index contributed by atoms with van der Waals surface area (Å²) in [6.07, 6.45) is 1.16. The van der Waals surface area contributed by atoms with Gasteiger partial charge in [0.05, 0.1) is 5.69 Å². The fourth-order valence-electron chi connectivity index (χ4n) is 1.39. The standard InChI is InChI=1S/C8H10ClN3O2/c9-6-5(4-12-2-1-3-12)10-8(14)11-7(6)13/h1-4H2,(H2,10,11,13,14). The van der Waals surface area contributed by atoms with E-state index in [1.807, 2.05) is 0 Å². The molecule has 0 amide bonds. The number of aromatic amines is 2. The Hall–Kier alpha value is -1.07. The highest BCUT2D eigenvalue weighted by molar-refractivity contribution is 6.30. The Labute approximate surface area is 84.7 Å². The summed E-state index contributed by atoms with van der Waals surface area (Å²) in [6, 6.07) is 0. The molecule has 0 bridgehead atoms. The molecule has 2 N–H and O–H groups in total. The summed E-state index contributed by atoms with van der Waals surface area (Å²) in [7, 11) is 0. The molecule has 1 aliphatic rings. The van der Waals surface area contributed by atoms with Gasteiger partial charge in [0, 0.05) is 6.54 Å². The topological polar surface area (TPSA) is 69.0 Å². The van der Waals surface area contributed by atoms with Crippen LogP contribution < -0.4 is 11.2 Å². The van der Waals surface area contributed by atoms with Gasteiger partial charge < -0.3 is 4.98 Å². The van der Waals surface area contributed by atoms with Crippen molar-refractivity contribution >= 4 is 11.6 Å². The summed E-state index contributed by atoms with van der Waals surface area (Å²) in [5, 5.41) is 0.0801. The summed E-state index contributed by atoms with van der Waals surface area (Å²) in [4.78, 5) is 28.8. The van der Waals surface area contributed by atoms with Crippen LogP contribution in [0.2, 0.25) is 5.02 Å². The molecular weight excluding hydrogens is 206 g/mol. The second-order valence-electron chi connectivity index (χ2n) is 3.33. The number of nitrogens with zero attached hydrogens (tertiary/aromatic N) is 1. The van der Waals surface area contributed by atoms with Crippen molar-refractivity contribution in [2.24, 2.45) is 0 Å². The van der Waals surface area contributed by atoms with Crippen molar-refractivity contribution in [1.29, 1.82) is 0 Å². The van der Waals surface area contributed by atoms with Crippen LogP contribution in [0.25, 0.3) is 0 Å². The largest absolute Gasteiger partial charge is 0.326 e. The zero-order valence-electron chi connectivity index (χ0n) is 7.47. The molecular formula is C8H10ClN3O2. The Morgan fingerprint density at radius 3 is 2.57 bits per heavy atom. The third-order valence-corrected chi connectivity index (χ3v) is 2.69. The molecule has 5 nitrogen and oxygen atoms in total. The van der Waals surface area contributed by atoms with Crippen LogP contribution in [0.4, 0.5) is 0 Å². The van der Waals surface area contributed by atoms with Crippen molar-refractivity contribution in [3.63, 3.8) is 0 Å². The summed E-state index contributed by atoms with van der Waals surface area (Å²) in [6.45, 7) is 2.52. The average molecular weight is 216 g/mol. The van der Waals surface area contributed by atoms with Crippen LogP contribution in [0.1, 0.15) is 12.1 Å². The lowest BCUT2D eigenvalue weighted by molar-refractivity contribution is 0.170. The van der Waals surface area contributed by atoms with Gasteiger partial charge in [-0.25, -0.2) is 4.79 Å². The van der Waals surface area contributed by atoms with E-state index >= 15 is 0 Å². The smallest absolute Gasteiger partial charge is 0.308 e. The van der Waals surface area contributed by atoms with Crippen LogP contribution in [0.15, 0.2) is 9.59 Å². The number of halogens is 1. The van der Waals surface area contributed by atoms with Crippen molar-refractivity contribution < 1.29 is 0 Å². The van der Waals surface area contributed by atoms with E-state index in [9.17, 15) is 9.59 Å². The third kappa shape index (κ3) is 1.73. The van der Waals surface area contributed by atoms with Crippen molar-refractivity contribution in [3.8, 4) is 0 Å². The first kappa shape index (κ1) is 9.48. The van der Waals surface area contributed by atoms with Gasteiger partial charge >= 0.3 is 5.69 Å². The first-order valence-electron chi connectivity index (χ1n) is 4.40. The van der Waals surface area contributed by atoms with Crippen LogP contribution in [-0.2, 0) is 6.54 Å². The maximum Gasteiger partial charge on any atom is 0.326 e. The number of rotatable bonds is 2. The molecule has 1 aliphatic heterocycles. The number of likely N-dealkylation sites (tertiary alicyclic amines) is 1. The maximum absolute atomic E-state index is 11.1. The van der Waals surface area contributed by atoms with E-state index in [2.05, 4.69) is 14.9 Å². The molecule has 0 aromatic carbocycles. The molecule has 2 rings (SSSR count). The normalized spacial score (nSPS) is 16.6. The Bertz CT molecular complexity index is 447. The van der Waals surface area contributed by atoms with Crippen LogP contribution >= 0.6 is 11.6 Å². The second-order valence-corrected chi connectivity index (χ2v) is 3.71. The van der Waals surface area contributed by atoms with E-state index in [0.29, 0.717) is 12.2 Å². The average Bonchev–Trinajstić information content (AvgIpc) is 2.05. The first-order chi connectivity index (χ1) is 6.66. The minimum absolute atomic E-state index is 0.0801. The highest BCUT2D eigenvalue weighted by Crippen LogP contribution is 2.13. The Morgan fingerprint density at radius 1 is 1.29 bits per heavy atom. The summed E-state index contributed by atoms with van der Waals surface area (Å²) >= 11 is 5.75. The lowest BCUT2D eigenvalue weighted by Crippen LogP contribution is -2.38. The highest BCUT2D eigenvalue weighted by Gasteiger charge is 2.16. The van der Waals surface area contributed by atoms with Gasteiger partial charge in [0.15, 0.2) is 0 Å². The van der Waals surface area contributed by atoms with Crippen LogP contribution in [0.3, 0.4) is 0 Å². The summed E-state index contributed by atoms with van der Waals surface area (Å²) in [5.74, 6) is 0. The lowest BCUT2D eigenvalue weighted by Gasteiger charge is -2.30. The van der Waals surface area contributed by atoms with E-state index in [4.69, 9.17) is 11.6 Å². The van der Waals surface area contributed by atoms with Crippen molar-refractivity contribution in [1.82, 2.24) is 14.9 Å². The van der Waals surface area contributed by atoms with Gasteiger partial charge in [-0.3, -0.25) is 14.7 Å². The van der Waals surface area contributed by atoms with Gasteiger partial charge in [-0.1, -0.05) is 11.6 Å². The molecule has 0 radical (unpaired) electrons. The number of aromatic nitrogens is 2. The molecule has 1 aromatic rings. The number of hydrogen-bond acceptors (Lipinski definition) is 3. The van der Waals surface area contributed by atoms with E-state index < -0.39 is 11.2 Å². The molecule has 0 atom stereocenters. The van der Waals surface area contributed by atoms with E-state index in [1.165, 1.54) is 0 Å². The predicted octanol–water partition coefficient (Wildman–Crippen LogP) is -0.0777. The molecule has 14 heavy (non-hydrogen) atoms. The number of hydrogen-bond donors (Lipinski definition) is 2. The fourth-order valence-corrected chi connectivity index (χ4v) is 1.54. The Balaban J connectivity index is 2.31. The number of nitrogens with one attached hydrogen (secondary N) is 2. The Kier molecular flexibility index (Phi) is 2.43. The summed E-state index contributed by atoms with van der Waals surface area (Å²) < 4.78 is 0. The van der Waals surface area contributed by atoms with Gasteiger partial charge in [-0.15, -0.1) is 0 Å². The van der Waals surface area contributed by atoms with E-state index in [-0.39, 0.29) is 5.02 Å². The highest BCUT2D eigenvalue weighted by atomic mass is 35.5. The molecule has 2 heterocycles. The zero-order valence-corrected chi connectivity index (χ0v) is 8.23. The molecule has 6 heteroatoms. The van der Waals surface area contributed by atoms with Crippen LogP contribution in [0.5, 0.6) is 0 Å². The molecule has 1 fully saturated rings. The van der Waals surface area contributed by atoms with Crippen molar-refractivity contribution in [2.75, 3.05) is 13.1 Å². The lowest BCUT2D eigenvalue weighted by atomic mass is 10.2. The monoisotopic (exact) mass is 215 g/mol. The SMILES string of the molecule is O=c1[nH]c(CN2CCC2)c(Cl)c(=O)[nH]1. The van der Waals surface area contributed by atoms with Crippen molar-refractivity contribution in [3.05, 3.63) is 31.6 Å². The third-order valence-electron chi connectivity index (χ3n) is 2.29. The zero-order chi connectivity index (χ0) is 10.1. The van der Waals surface area contributed by atoms with Gasteiger partial charge in [-0.05, 0) is 19.5 Å². The van der Waals surface area contributed by atoms with Gasteiger partial charge in [0.25, 0.3) is 5.56 Å². The molecule has 0 aliphatic carbocycles. The number of H-pyrrole nitrogens is 2. The predicted molar refractivity (Wildman–Crippen MR) is 52.6 cm³/mol. The van der Waals surface area contributed by atoms with Crippen LogP contribution in [-0.4, -0.2) is 28.0 Å². The Morgan fingerprint density at radius 2 is 2.00 bits per heavy atom. The maximum atomic E-state index is 11.1. The fraction of sp³-hybridized carbons (Fsp3) is 0.500. The van der Waals surface area contributed by atoms with Crippen molar-refractivity contribution in [2.45, 2.75) is 13.0 Å². The molecule has 0 spiro atoms. The van der Waals surface area contributed by atoms with Gasteiger partial charge in [-0.2, -0.15) is 0 Å². The minimum atomic E-state index is -0.522.